The summed E-state index contributed by atoms with van der Waals surface area (Å²) in [5.74, 6) is 0.771. The highest BCUT2D eigenvalue weighted by Crippen LogP contribution is 2.34. The normalized spacial score (nSPS) is 18.5. The molecule has 1 aliphatic heterocycles. The number of rotatable bonds is 4. The lowest BCUT2D eigenvalue weighted by Gasteiger charge is -2.31. The van der Waals surface area contributed by atoms with E-state index in [1.807, 2.05) is 37.3 Å². The van der Waals surface area contributed by atoms with Gasteiger partial charge in [0.1, 0.15) is 11.9 Å². The summed E-state index contributed by atoms with van der Waals surface area (Å²) in [5.41, 5.74) is 3.30. The maximum absolute atomic E-state index is 10.7. The summed E-state index contributed by atoms with van der Waals surface area (Å²) < 4.78 is 5.63. The lowest BCUT2D eigenvalue weighted by molar-refractivity contribution is 0.144. The second-order valence-electron chi connectivity index (χ2n) is 5.36. The van der Waals surface area contributed by atoms with Gasteiger partial charge in [-0.25, -0.2) is 0 Å². The molecule has 110 valence electrons. The Bertz CT molecular complexity index is 612. The molecular formula is C18H21NO2. The van der Waals surface area contributed by atoms with Gasteiger partial charge in [0.25, 0.3) is 0 Å². The number of para-hydroxylation sites is 2. The number of aliphatic hydroxyl groups is 1. The van der Waals surface area contributed by atoms with Crippen LogP contribution in [0.4, 0.5) is 5.69 Å². The van der Waals surface area contributed by atoms with Gasteiger partial charge in [0.2, 0.25) is 0 Å². The summed E-state index contributed by atoms with van der Waals surface area (Å²) in [6.07, 6.45) is 1.33. The van der Waals surface area contributed by atoms with E-state index in [9.17, 15) is 5.11 Å². The molecule has 0 saturated heterocycles. The lowest BCUT2D eigenvalue weighted by atomic mass is 9.91. The van der Waals surface area contributed by atoms with Crippen LogP contribution in [0.5, 0.6) is 5.75 Å². The minimum Gasteiger partial charge on any atom is -0.493 e. The zero-order valence-electron chi connectivity index (χ0n) is 12.3. The molecule has 2 atom stereocenters. The van der Waals surface area contributed by atoms with E-state index in [1.165, 1.54) is 5.56 Å². The maximum atomic E-state index is 10.7. The van der Waals surface area contributed by atoms with Crippen molar-refractivity contribution in [1.82, 2.24) is 0 Å². The third-order valence-electron chi connectivity index (χ3n) is 4.00. The van der Waals surface area contributed by atoms with E-state index in [-0.39, 0.29) is 6.04 Å². The van der Waals surface area contributed by atoms with Crippen LogP contribution in [0.15, 0.2) is 48.5 Å². The minimum absolute atomic E-state index is 0.0153. The zero-order chi connectivity index (χ0) is 14.7. The number of benzene rings is 2. The first kappa shape index (κ1) is 14.0. The highest BCUT2D eigenvalue weighted by Gasteiger charge is 2.27. The Hall–Kier alpha value is -2.00. The third kappa shape index (κ3) is 2.88. The Morgan fingerprint density at radius 3 is 2.81 bits per heavy atom. The van der Waals surface area contributed by atoms with Crippen LogP contribution in [0.25, 0.3) is 0 Å². The second kappa shape index (κ2) is 6.19. The molecule has 0 aromatic heterocycles. The number of aryl methyl sites for hydroxylation is 1. The first-order valence-electron chi connectivity index (χ1n) is 7.54. The van der Waals surface area contributed by atoms with Gasteiger partial charge >= 0.3 is 0 Å². The molecule has 21 heavy (non-hydrogen) atoms. The zero-order valence-corrected chi connectivity index (χ0v) is 12.3. The number of ether oxygens (including phenoxy) is 1. The first-order chi connectivity index (χ1) is 10.3. The highest BCUT2D eigenvalue weighted by molar-refractivity contribution is 5.54. The molecule has 2 aromatic carbocycles. The van der Waals surface area contributed by atoms with Crippen LogP contribution in [-0.4, -0.2) is 17.8 Å². The van der Waals surface area contributed by atoms with Crippen LogP contribution in [0.2, 0.25) is 0 Å². The van der Waals surface area contributed by atoms with Crippen molar-refractivity contribution in [1.29, 1.82) is 0 Å². The molecule has 3 rings (SSSR count). The molecule has 0 fully saturated rings. The monoisotopic (exact) mass is 283 g/mol. The van der Waals surface area contributed by atoms with E-state index in [2.05, 4.69) is 23.5 Å². The molecule has 1 heterocycles. The van der Waals surface area contributed by atoms with Gasteiger partial charge in [-0.2, -0.15) is 0 Å². The number of aliphatic hydroxyl groups excluding tert-OH is 1. The second-order valence-corrected chi connectivity index (χ2v) is 5.36. The molecule has 0 radical (unpaired) electrons. The third-order valence-corrected chi connectivity index (χ3v) is 4.00. The van der Waals surface area contributed by atoms with E-state index in [0.717, 1.165) is 29.8 Å². The van der Waals surface area contributed by atoms with Crippen molar-refractivity contribution in [3.05, 3.63) is 59.7 Å². The Kier molecular flexibility index (Phi) is 4.11. The van der Waals surface area contributed by atoms with Crippen LogP contribution in [0.3, 0.4) is 0 Å². The molecule has 0 bridgehead atoms. The molecule has 0 spiro atoms. The Morgan fingerprint density at radius 2 is 1.95 bits per heavy atom. The first-order valence-corrected chi connectivity index (χ1v) is 7.54. The van der Waals surface area contributed by atoms with Crippen LogP contribution < -0.4 is 10.1 Å². The average molecular weight is 283 g/mol. The fourth-order valence-electron chi connectivity index (χ4n) is 2.93. The van der Waals surface area contributed by atoms with E-state index in [4.69, 9.17) is 4.74 Å². The topological polar surface area (TPSA) is 41.5 Å². The van der Waals surface area contributed by atoms with Crippen molar-refractivity contribution in [2.75, 3.05) is 11.9 Å². The number of hydrogen-bond acceptors (Lipinski definition) is 3. The van der Waals surface area contributed by atoms with Gasteiger partial charge < -0.3 is 15.2 Å². The molecular weight excluding hydrogens is 262 g/mol. The maximum Gasteiger partial charge on any atom is 0.125 e. The number of anilines is 1. The number of fused-ring (bicyclic) bond motifs is 1. The van der Waals surface area contributed by atoms with Gasteiger partial charge in [-0.05, 0) is 37.5 Å². The summed E-state index contributed by atoms with van der Waals surface area (Å²) in [5, 5.41) is 14.2. The molecule has 0 amide bonds. The van der Waals surface area contributed by atoms with Crippen LogP contribution in [-0.2, 0) is 6.42 Å². The van der Waals surface area contributed by atoms with Gasteiger partial charge in [-0.1, -0.05) is 36.4 Å². The van der Waals surface area contributed by atoms with E-state index >= 15 is 0 Å². The predicted molar refractivity (Wildman–Crippen MR) is 84.7 cm³/mol. The lowest BCUT2D eigenvalue weighted by Crippen LogP contribution is -2.31. The van der Waals surface area contributed by atoms with E-state index in [1.54, 1.807) is 0 Å². The summed E-state index contributed by atoms with van der Waals surface area (Å²) >= 11 is 0. The van der Waals surface area contributed by atoms with Crippen LogP contribution >= 0.6 is 0 Å². The molecule has 1 aliphatic rings. The van der Waals surface area contributed by atoms with Crippen molar-refractivity contribution >= 4 is 5.69 Å². The molecule has 2 unspecified atom stereocenters. The van der Waals surface area contributed by atoms with Gasteiger partial charge in [0.05, 0.1) is 12.6 Å². The number of nitrogens with one attached hydrogen (secondary N) is 1. The largest absolute Gasteiger partial charge is 0.493 e. The fourth-order valence-corrected chi connectivity index (χ4v) is 2.93. The van der Waals surface area contributed by atoms with Crippen molar-refractivity contribution in [2.45, 2.75) is 31.9 Å². The van der Waals surface area contributed by atoms with Crippen molar-refractivity contribution in [2.24, 2.45) is 0 Å². The summed E-state index contributed by atoms with van der Waals surface area (Å²) in [4.78, 5) is 0. The SMILES string of the molecule is CCOc1ccccc1C(O)C1CCc2ccccc2N1. The summed E-state index contributed by atoms with van der Waals surface area (Å²) in [6.45, 7) is 2.56. The molecule has 2 aromatic rings. The predicted octanol–water partition coefficient (Wildman–Crippen LogP) is 3.55. The van der Waals surface area contributed by atoms with Crippen LogP contribution in [0, 0.1) is 0 Å². The molecule has 2 N–H and O–H groups in total. The Balaban J connectivity index is 1.82. The molecule has 3 heteroatoms. The summed E-state index contributed by atoms with van der Waals surface area (Å²) in [7, 11) is 0. The molecule has 3 nitrogen and oxygen atoms in total. The van der Waals surface area contributed by atoms with Crippen molar-refractivity contribution in [3.63, 3.8) is 0 Å². The Morgan fingerprint density at radius 1 is 1.19 bits per heavy atom. The van der Waals surface area contributed by atoms with Gasteiger partial charge in [-0.15, -0.1) is 0 Å². The fraction of sp³-hybridized carbons (Fsp3) is 0.333. The Labute approximate surface area is 125 Å². The molecule has 0 aliphatic carbocycles. The number of hydrogen-bond donors (Lipinski definition) is 2. The van der Waals surface area contributed by atoms with Gasteiger partial charge in [-0.3, -0.25) is 0 Å². The van der Waals surface area contributed by atoms with E-state index in [0.29, 0.717) is 6.61 Å². The highest BCUT2D eigenvalue weighted by atomic mass is 16.5. The van der Waals surface area contributed by atoms with Crippen molar-refractivity contribution < 1.29 is 9.84 Å². The van der Waals surface area contributed by atoms with E-state index < -0.39 is 6.10 Å². The van der Waals surface area contributed by atoms with Gasteiger partial charge in [0.15, 0.2) is 0 Å². The average Bonchev–Trinajstić information content (AvgIpc) is 2.54. The van der Waals surface area contributed by atoms with Gasteiger partial charge in [0, 0.05) is 11.3 Å². The standard InChI is InChI=1S/C18H21NO2/c1-2-21-17-10-6-4-8-14(17)18(20)16-12-11-13-7-3-5-9-15(13)19-16/h3-10,16,18-20H,2,11-12H2,1H3. The quantitative estimate of drug-likeness (QED) is 0.901. The smallest absolute Gasteiger partial charge is 0.125 e. The van der Waals surface area contributed by atoms with Crippen molar-refractivity contribution in [3.8, 4) is 5.75 Å². The minimum atomic E-state index is -0.568. The van der Waals surface area contributed by atoms with Crippen LogP contribution in [0.1, 0.15) is 30.6 Å². The summed E-state index contributed by atoms with van der Waals surface area (Å²) in [6, 6.07) is 16.0. The molecule has 0 saturated carbocycles.